The maximum Gasteiger partial charge on any atom is 0.225 e. The molecule has 1 amide bonds. The minimum Gasteiger partial charge on any atom is -0.366 e. The molecule has 30 heavy (non-hydrogen) atoms. The van der Waals surface area contributed by atoms with Gasteiger partial charge in [0.1, 0.15) is 5.82 Å². The maximum absolute atomic E-state index is 14.0. The first kappa shape index (κ1) is 21.4. The monoisotopic (exact) mass is 449 g/mol. The molecular weight excluding hydrogens is 424 g/mol. The van der Waals surface area contributed by atoms with Gasteiger partial charge in [-0.05, 0) is 55.8 Å². The van der Waals surface area contributed by atoms with Crippen molar-refractivity contribution in [2.24, 2.45) is 5.92 Å². The van der Waals surface area contributed by atoms with E-state index in [1.54, 1.807) is 12.1 Å². The van der Waals surface area contributed by atoms with E-state index in [1.807, 2.05) is 34.1 Å². The molecule has 4 nitrogen and oxygen atoms in total. The molecule has 4 rings (SSSR count). The van der Waals surface area contributed by atoms with Crippen molar-refractivity contribution in [3.8, 4) is 0 Å². The van der Waals surface area contributed by atoms with Crippen molar-refractivity contribution in [2.45, 2.75) is 19.4 Å². The summed E-state index contributed by atoms with van der Waals surface area (Å²) < 4.78 is 14.0. The lowest BCUT2D eigenvalue weighted by Crippen LogP contribution is -2.51. The van der Waals surface area contributed by atoms with Crippen LogP contribution in [0.3, 0.4) is 0 Å². The van der Waals surface area contributed by atoms with Crippen LogP contribution in [0.15, 0.2) is 42.5 Å². The molecule has 2 heterocycles. The van der Waals surface area contributed by atoms with Crippen molar-refractivity contribution in [2.75, 3.05) is 44.2 Å². The summed E-state index contributed by atoms with van der Waals surface area (Å²) >= 11 is 12.1. The fourth-order valence-electron chi connectivity index (χ4n) is 4.37. The van der Waals surface area contributed by atoms with Crippen LogP contribution in [0.2, 0.25) is 10.0 Å². The van der Waals surface area contributed by atoms with Gasteiger partial charge < -0.3 is 9.80 Å². The number of halogens is 3. The lowest BCUT2D eigenvalue weighted by atomic mass is 9.94. The highest BCUT2D eigenvalue weighted by atomic mass is 35.5. The van der Waals surface area contributed by atoms with Gasteiger partial charge in [-0.1, -0.05) is 41.4 Å². The van der Waals surface area contributed by atoms with Crippen molar-refractivity contribution >= 4 is 34.8 Å². The molecule has 0 aromatic heterocycles. The van der Waals surface area contributed by atoms with Crippen LogP contribution in [-0.4, -0.2) is 55.0 Å². The number of piperidine rings is 1. The molecule has 2 aromatic carbocycles. The number of amides is 1. The Morgan fingerprint density at radius 1 is 0.933 bits per heavy atom. The SMILES string of the molecule is O=C(C1CCN(Cc2ccc(Cl)c(Cl)c2)CC1)N1CCN(c2ccccc2F)CC1. The topological polar surface area (TPSA) is 26.8 Å². The van der Waals surface area contributed by atoms with E-state index in [9.17, 15) is 9.18 Å². The van der Waals surface area contributed by atoms with Crippen molar-refractivity contribution in [1.82, 2.24) is 9.80 Å². The zero-order valence-corrected chi connectivity index (χ0v) is 18.4. The largest absolute Gasteiger partial charge is 0.366 e. The standard InChI is InChI=1S/C23H26Cl2FN3O/c24-19-6-5-17(15-20(19)25)16-27-9-7-18(8-10-27)23(30)29-13-11-28(12-14-29)22-4-2-1-3-21(22)26/h1-6,15,18H,7-14,16H2. The first-order chi connectivity index (χ1) is 14.5. The number of anilines is 1. The number of nitrogens with zero attached hydrogens (tertiary/aromatic N) is 3. The molecule has 2 saturated heterocycles. The van der Waals surface area contributed by atoms with Gasteiger partial charge >= 0.3 is 0 Å². The van der Waals surface area contributed by atoms with Crippen molar-refractivity contribution in [3.63, 3.8) is 0 Å². The highest BCUT2D eigenvalue weighted by Gasteiger charge is 2.30. The number of likely N-dealkylation sites (tertiary alicyclic amines) is 1. The summed E-state index contributed by atoms with van der Waals surface area (Å²) in [6.45, 7) is 5.25. The maximum atomic E-state index is 14.0. The number of piperazine rings is 1. The zero-order valence-electron chi connectivity index (χ0n) is 16.9. The molecule has 0 bridgehead atoms. The number of benzene rings is 2. The first-order valence-electron chi connectivity index (χ1n) is 10.5. The normalized spacial score (nSPS) is 18.6. The quantitative estimate of drug-likeness (QED) is 0.676. The van der Waals surface area contributed by atoms with Gasteiger partial charge in [0.25, 0.3) is 0 Å². The summed E-state index contributed by atoms with van der Waals surface area (Å²) in [6, 6.07) is 12.6. The van der Waals surface area contributed by atoms with Crippen molar-refractivity contribution in [3.05, 3.63) is 63.9 Å². The van der Waals surface area contributed by atoms with Crippen LogP contribution >= 0.6 is 23.2 Å². The van der Waals surface area contributed by atoms with Crippen LogP contribution in [0, 0.1) is 11.7 Å². The Morgan fingerprint density at radius 2 is 1.63 bits per heavy atom. The van der Waals surface area contributed by atoms with E-state index in [1.165, 1.54) is 6.07 Å². The van der Waals surface area contributed by atoms with Crippen LogP contribution in [-0.2, 0) is 11.3 Å². The van der Waals surface area contributed by atoms with E-state index in [0.29, 0.717) is 41.9 Å². The number of carbonyl (C=O) groups is 1. The molecule has 0 radical (unpaired) electrons. The Morgan fingerprint density at radius 3 is 2.30 bits per heavy atom. The van der Waals surface area contributed by atoms with Gasteiger partial charge in [0.15, 0.2) is 0 Å². The fourth-order valence-corrected chi connectivity index (χ4v) is 4.69. The van der Waals surface area contributed by atoms with Gasteiger partial charge in [-0.15, -0.1) is 0 Å². The Bertz CT molecular complexity index is 894. The molecule has 2 aliphatic rings. The van der Waals surface area contributed by atoms with Gasteiger partial charge in [-0.3, -0.25) is 9.69 Å². The average molecular weight is 450 g/mol. The van der Waals surface area contributed by atoms with Crippen LogP contribution in [0.4, 0.5) is 10.1 Å². The third-order valence-corrected chi connectivity index (χ3v) is 6.85. The van der Waals surface area contributed by atoms with Gasteiger partial charge in [0, 0.05) is 38.6 Å². The fraction of sp³-hybridized carbons (Fsp3) is 0.435. The Balaban J connectivity index is 1.25. The number of para-hydroxylation sites is 1. The second kappa shape index (κ2) is 9.54. The Kier molecular flexibility index (Phi) is 6.81. The molecule has 0 spiro atoms. The lowest BCUT2D eigenvalue weighted by molar-refractivity contribution is -0.137. The molecule has 2 aliphatic heterocycles. The zero-order chi connectivity index (χ0) is 21.1. The van der Waals surface area contributed by atoms with Crippen LogP contribution in [0.25, 0.3) is 0 Å². The predicted molar refractivity (Wildman–Crippen MR) is 120 cm³/mol. The van der Waals surface area contributed by atoms with E-state index >= 15 is 0 Å². The highest BCUT2D eigenvalue weighted by Crippen LogP contribution is 2.26. The summed E-state index contributed by atoms with van der Waals surface area (Å²) in [5.41, 5.74) is 1.76. The second-order valence-electron chi connectivity index (χ2n) is 8.06. The molecule has 7 heteroatoms. The molecule has 0 aliphatic carbocycles. The van der Waals surface area contributed by atoms with Gasteiger partial charge in [0.05, 0.1) is 15.7 Å². The van der Waals surface area contributed by atoms with E-state index < -0.39 is 0 Å². The summed E-state index contributed by atoms with van der Waals surface area (Å²) in [6.07, 6.45) is 1.74. The second-order valence-corrected chi connectivity index (χ2v) is 8.88. The summed E-state index contributed by atoms with van der Waals surface area (Å²) in [5.74, 6) is 0.124. The minimum absolute atomic E-state index is 0.0788. The van der Waals surface area contributed by atoms with Crippen molar-refractivity contribution < 1.29 is 9.18 Å². The Labute approximate surface area is 187 Å². The molecular formula is C23H26Cl2FN3O. The van der Waals surface area contributed by atoms with Crippen LogP contribution < -0.4 is 4.90 Å². The van der Waals surface area contributed by atoms with E-state index in [-0.39, 0.29) is 17.6 Å². The number of rotatable bonds is 4. The molecule has 0 N–H and O–H groups in total. The van der Waals surface area contributed by atoms with E-state index in [0.717, 1.165) is 38.0 Å². The van der Waals surface area contributed by atoms with Gasteiger partial charge in [-0.25, -0.2) is 4.39 Å². The van der Waals surface area contributed by atoms with Gasteiger partial charge in [0.2, 0.25) is 5.91 Å². The van der Waals surface area contributed by atoms with Crippen LogP contribution in [0.5, 0.6) is 0 Å². The third kappa shape index (κ3) is 4.90. The smallest absolute Gasteiger partial charge is 0.225 e. The van der Waals surface area contributed by atoms with Crippen LogP contribution in [0.1, 0.15) is 18.4 Å². The van der Waals surface area contributed by atoms with Gasteiger partial charge in [-0.2, -0.15) is 0 Å². The highest BCUT2D eigenvalue weighted by molar-refractivity contribution is 6.42. The molecule has 2 fully saturated rings. The van der Waals surface area contributed by atoms with E-state index in [2.05, 4.69) is 4.90 Å². The third-order valence-electron chi connectivity index (χ3n) is 6.11. The number of hydrogen-bond acceptors (Lipinski definition) is 3. The number of hydrogen-bond donors (Lipinski definition) is 0. The molecule has 2 aromatic rings. The average Bonchev–Trinajstić information content (AvgIpc) is 2.77. The summed E-state index contributed by atoms with van der Waals surface area (Å²) in [5, 5.41) is 1.15. The molecule has 0 atom stereocenters. The number of carbonyl (C=O) groups excluding carboxylic acids is 1. The minimum atomic E-state index is -0.202. The molecule has 0 saturated carbocycles. The molecule has 160 valence electrons. The predicted octanol–water partition coefficient (Wildman–Crippen LogP) is 4.69. The summed E-state index contributed by atoms with van der Waals surface area (Å²) in [4.78, 5) is 19.3. The molecule has 0 unspecified atom stereocenters. The Hall–Kier alpha value is -1.82. The van der Waals surface area contributed by atoms with Crippen molar-refractivity contribution in [1.29, 1.82) is 0 Å². The lowest BCUT2D eigenvalue weighted by Gasteiger charge is -2.39. The summed E-state index contributed by atoms with van der Waals surface area (Å²) in [7, 11) is 0. The first-order valence-corrected chi connectivity index (χ1v) is 11.2. The van der Waals surface area contributed by atoms with E-state index in [4.69, 9.17) is 23.2 Å².